The lowest BCUT2D eigenvalue weighted by Gasteiger charge is -2.12. The second-order valence-electron chi connectivity index (χ2n) is 7.14. The fourth-order valence-corrected chi connectivity index (χ4v) is 3.42. The van der Waals surface area contributed by atoms with Crippen LogP contribution in [0.15, 0.2) is 54.6 Å². The molecule has 2 aromatic carbocycles. The Labute approximate surface area is 164 Å². The molecule has 0 saturated carbocycles. The van der Waals surface area contributed by atoms with E-state index in [0.29, 0.717) is 6.61 Å². The van der Waals surface area contributed by atoms with E-state index in [1.165, 1.54) is 36.0 Å². The maximum absolute atomic E-state index is 9.25. The lowest BCUT2D eigenvalue weighted by Crippen LogP contribution is -1.98. The largest absolute Gasteiger partial charge is 0.489 e. The van der Waals surface area contributed by atoms with Gasteiger partial charge in [-0.15, -0.1) is 0 Å². The van der Waals surface area contributed by atoms with Gasteiger partial charge >= 0.3 is 0 Å². The van der Waals surface area contributed by atoms with Crippen molar-refractivity contribution < 1.29 is 9.84 Å². The summed E-state index contributed by atoms with van der Waals surface area (Å²) in [6, 6.07) is 16.3. The normalized spacial score (nSPS) is 11.8. The first-order valence-electron chi connectivity index (χ1n) is 10.3. The van der Waals surface area contributed by atoms with E-state index in [0.717, 1.165) is 30.1 Å². The molecule has 0 saturated heterocycles. The van der Waals surface area contributed by atoms with Gasteiger partial charge in [-0.05, 0) is 65.6 Å². The zero-order valence-electron chi connectivity index (χ0n) is 17.1. The molecular formula is C25H34O2. The molecule has 0 aliphatic rings. The summed E-state index contributed by atoms with van der Waals surface area (Å²) in [5, 5.41) is 9.25. The molecule has 0 aliphatic carbocycles. The minimum atomic E-state index is 0.0360. The summed E-state index contributed by atoms with van der Waals surface area (Å²) >= 11 is 0. The Morgan fingerprint density at radius 2 is 1.74 bits per heavy atom. The van der Waals surface area contributed by atoms with E-state index in [9.17, 15) is 5.11 Å². The minimum Gasteiger partial charge on any atom is -0.489 e. The maximum Gasteiger partial charge on any atom is 0.120 e. The number of aliphatic hydroxyl groups excluding tert-OH is 1. The Balaban J connectivity index is 2.01. The topological polar surface area (TPSA) is 29.5 Å². The van der Waals surface area contributed by atoms with Gasteiger partial charge in [0.05, 0.1) is 6.61 Å². The highest BCUT2D eigenvalue weighted by molar-refractivity contribution is 5.65. The van der Waals surface area contributed by atoms with Crippen molar-refractivity contribution >= 4 is 5.57 Å². The summed E-state index contributed by atoms with van der Waals surface area (Å²) in [5.74, 6) is 1.64. The van der Waals surface area contributed by atoms with Crippen molar-refractivity contribution in [2.75, 3.05) is 0 Å². The van der Waals surface area contributed by atoms with Gasteiger partial charge in [0.1, 0.15) is 12.4 Å². The van der Waals surface area contributed by atoms with Gasteiger partial charge in [-0.3, -0.25) is 0 Å². The molecule has 2 nitrogen and oxygen atoms in total. The van der Waals surface area contributed by atoms with Crippen LogP contribution in [0.1, 0.15) is 69.6 Å². The van der Waals surface area contributed by atoms with Crippen molar-refractivity contribution in [1.29, 1.82) is 0 Å². The van der Waals surface area contributed by atoms with Crippen LogP contribution in [-0.4, -0.2) is 5.11 Å². The van der Waals surface area contributed by atoms with Crippen molar-refractivity contribution in [3.05, 3.63) is 71.3 Å². The Morgan fingerprint density at radius 3 is 2.44 bits per heavy atom. The number of aliphatic hydroxyl groups is 1. The van der Waals surface area contributed by atoms with E-state index in [-0.39, 0.29) is 6.61 Å². The maximum atomic E-state index is 9.25. The highest BCUT2D eigenvalue weighted by Crippen LogP contribution is 2.23. The number of benzene rings is 2. The number of hydrogen-bond donors (Lipinski definition) is 1. The molecule has 27 heavy (non-hydrogen) atoms. The second kappa shape index (κ2) is 11.6. The smallest absolute Gasteiger partial charge is 0.120 e. The van der Waals surface area contributed by atoms with Crippen LogP contribution in [-0.2, 0) is 13.2 Å². The summed E-state index contributed by atoms with van der Waals surface area (Å²) in [5.41, 5.74) is 4.76. The first kappa shape index (κ1) is 21.2. The predicted molar refractivity (Wildman–Crippen MR) is 115 cm³/mol. The molecule has 2 heteroatoms. The molecule has 0 heterocycles. The SMILES string of the molecule is CC/C(=C\CCC(CC)CC)c1cccc(COc2cccc(CO)c2)c1. The summed E-state index contributed by atoms with van der Waals surface area (Å²) in [6.45, 7) is 7.38. The molecule has 0 aliphatic heterocycles. The van der Waals surface area contributed by atoms with Gasteiger partial charge in [-0.2, -0.15) is 0 Å². The van der Waals surface area contributed by atoms with Crippen LogP contribution in [0.3, 0.4) is 0 Å². The fraction of sp³-hybridized carbons (Fsp3) is 0.440. The number of allylic oxidation sites excluding steroid dienone is 2. The van der Waals surface area contributed by atoms with Crippen LogP contribution in [0.25, 0.3) is 5.57 Å². The van der Waals surface area contributed by atoms with E-state index in [4.69, 9.17) is 4.74 Å². The van der Waals surface area contributed by atoms with Crippen LogP contribution in [0, 0.1) is 5.92 Å². The number of rotatable bonds is 11. The van der Waals surface area contributed by atoms with Gasteiger partial charge in [-0.1, -0.05) is 70.0 Å². The van der Waals surface area contributed by atoms with Gasteiger partial charge in [0.25, 0.3) is 0 Å². The molecule has 0 amide bonds. The predicted octanol–water partition coefficient (Wildman–Crippen LogP) is 6.77. The van der Waals surface area contributed by atoms with Crippen molar-refractivity contribution in [3.8, 4) is 5.75 Å². The second-order valence-corrected chi connectivity index (χ2v) is 7.14. The average Bonchev–Trinajstić information content (AvgIpc) is 2.73. The number of ether oxygens (including phenoxy) is 1. The van der Waals surface area contributed by atoms with Crippen LogP contribution in [0.2, 0.25) is 0 Å². The molecule has 0 aromatic heterocycles. The summed E-state index contributed by atoms with van der Waals surface area (Å²) in [6.07, 6.45) is 8.45. The molecule has 2 rings (SSSR count). The highest BCUT2D eigenvalue weighted by atomic mass is 16.5. The summed E-state index contributed by atoms with van der Waals surface area (Å²) in [4.78, 5) is 0. The molecule has 0 unspecified atom stereocenters. The van der Waals surface area contributed by atoms with Gasteiger partial charge in [0.2, 0.25) is 0 Å². The van der Waals surface area contributed by atoms with Gasteiger partial charge in [0.15, 0.2) is 0 Å². The summed E-state index contributed by atoms with van der Waals surface area (Å²) < 4.78 is 5.91. The zero-order chi connectivity index (χ0) is 19.5. The molecular weight excluding hydrogens is 332 g/mol. The monoisotopic (exact) mass is 366 g/mol. The van der Waals surface area contributed by atoms with E-state index in [2.05, 4.69) is 51.1 Å². The molecule has 0 radical (unpaired) electrons. The molecule has 0 bridgehead atoms. The zero-order valence-corrected chi connectivity index (χ0v) is 17.1. The quantitative estimate of drug-likeness (QED) is 0.475. The van der Waals surface area contributed by atoms with Gasteiger partial charge < -0.3 is 9.84 Å². The first-order chi connectivity index (χ1) is 13.2. The van der Waals surface area contributed by atoms with Crippen molar-refractivity contribution in [1.82, 2.24) is 0 Å². The highest BCUT2D eigenvalue weighted by Gasteiger charge is 2.05. The fourth-order valence-electron chi connectivity index (χ4n) is 3.42. The van der Waals surface area contributed by atoms with Crippen molar-refractivity contribution in [2.45, 2.75) is 66.1 Å². The molecule has 0 atom stereocenters. The van der Waals surface area contributed by atoms with E-state index < -0.39 is 0 Å². The lowest BCUT2D eigenvalue weighted by molar-refractivity contribution is 0.278. The Hall–Kier alpha value is -2.06. The Bertz CT molecular complexity index is 714. The van der Waals surface area contributed by atoms with Crippen LogP contribution in [0.5, 0.6) is 5.75 Å². The third kappa shape index (κ3) is 6.88. The summed E-state index contributed by atoms with van der Waals surface area (Å²) in [7, 11) is 0. The van der Waals surface area contributed by atoms with Crippen molar-refractivity contribution in [3.63, 3.8) is 0 Å². The van der Waals surface area contributed by atoms with E-state index in [1.807, 2.05) is 24.3 Å². The van der Waals surface area contributed by atoms with Gasteiger partial charge in [0, 0.05) is 0 Å². The third-order valence-electron chi connectivity index (χ3n) is 5.29. The Kier molecular flexibility index (Phi) is 9.13. The third-order valence-corrected chi connectivity index (χ3v) is 5.29. The average molecular weight is 367 g/mol. The molecule has 1 N–H and O–H groups in total. The van der Waals surface area contributed by atoms with E-state index >= 15 is 0 Å². The van der Waals surface area contributed by atoms with Crippen LogP contribution in [0.4, 0.5) is 0 Å². The molecule has 2 aromatic rings. The molecule has 0 spiro atoms. The van der Waals surface area contributed by atoms with Gasteiger partial charge in [-0.25, -0.2) is 0 Å². The Morgan fingerprint density at radius 1 is 1.00 bits per heavy atom. The first-order valence-corrected chi connectivity index (χ1v) is 10.3. The minimum absolute atomic E-state index is 0.0360. The van der Waals surface area contributed by atoms with Crippen LogP contribution < -0.4 is 4.74 Å². The standard InChI is InChI=1S/C25H34O2/c1-4-20(5-2)10-7-13-23(6-3)24-14-8-12-22(16-24)19-27-25-15-9-11-21(17-25)18-26/h8-9,11-17,20,26H,4-7,10,18-19H2,1-3H3/b23-13+. The molecule has 0 fully saturated rings. The van der Waals surface area contributed by atoms with Crippen LogP contribution >= 0.6 is 0 Å². The number of hydrogen-bond acceptors (Lipinski definition) is 2. The molecule has 146 valence electrons. The lowest BCUT2D eigenvalue weighted by atomic mass is 9.95. The van der Waals surface area contributed by atoms with Crippen molar-refractivity contribution in [2.24, 2.45) is 5.92 Å². The van der Waals surface area contributed by atoms with E-state index in [1.54, 1.807) is 0 Å².